The van der Waals surface area contributed by atoms with Gasteiger partial charge in [-0.2, -0.15) is 0 Å². The SMILES string of the molecule is COC(=O)c1cc(-c2nc(-c3ccc(Cl)c(Cl)c3)cs2)ccc1-c1ccc(C(=O)O)cc1.COc1ccc(CNC(=O)c2ccc(-c3ccc(-c4nc(-c5ccc(Cl)c(Cl)c5)cs4)cc3C(=O)O)cc2)cc1. The molecule has 0 unspecified atom stereocenters. The molecule has 360 valence electrons. The topological polar surface area (TPSA) is 165 Å². The van der Waals surface area contributed by atoms with E-state index in [1.807, 2.05) is 59.3 Å². The minimum atomic E-state index is -1.06. The first-order valence-electron chi connectivity index (χ1n) is 21.5. The first kappa shape index (κ1) is 51.0. The Balaban J connectivity index is 0.000000197. The molecule has 9 aromatic rings. The molecule has 0 saturated carbocycles. The number of amides is 1. The van der Waals surface area contributed by atoms with E-state index in [9.17, 15) is 24.3 Å². The number of hydrogen-bond acceptors (Lipinski definition) is 10. The number of aromatic carboxylic acids is 2. The van der Waals surface area contributed by atoms with Crippen LogP contribution in [0.3, 0.4) is 0 Å². The zero-order valence-electron chi connectivity index (χ0n) is 37.8. The van der Waals surface area contributed by atoms with Gasteiger partial charge in [0.15, 0.2) is 0 Å². The van der Waals surface area contributed by atoms with Crippen LogP contribution in [0.25, 0.3) is 65.9 Å². The molecule has 72 heavy (non-hydrogen) atoms. The minimum absolute atomic E-state index is 0.139. The van der Waals surface area contributed by atoms with Gasteiger partial charge < -0.3 is 25.0 Å². The molecule has 0 fully saturated rings. The number of ether oxygens (including phenoxy) is 2. The summed E-state index contributed by atoms with van der Waals surface area (Å²) in [6.07, 6.45) is 0. The van der Waals surface area contributed by atoms with Gasteiger partial charge in [0.25, 0.3) is 5.91 Å². The molecule has 7 aromatic carbocycles. The van der Waals surface area contributed by atoms with Crippen molar-refractivity contribution in [3.8, 4) is 71.7 Å². The molecule has 0 aliphatic rings. The van der Waals surface area contributed by atoms with E-state index in [0.29, 0.717) is 70.6 Å². The fraction of sp³-hybridized carbons (Fsp3) is 0.0545. The Morgan fingerprint density at radius 3 is 1.43 bits per heavy atom. The molecule has 0 radical (unpaired) electrons. The predicted octanol–water partition coefficient (Wildman–Crippen LogP) is 15.0. The number of rotatable bonds is 13. The number of carboxylic acid groups (broad SMARTS) is 2. The molecule has 0 atom stereocenters. The number of benzene rings is 7. The number of methoxy groups -OCH3 is 2. The van der Waals surface area contributed by atoms with Gasteiger partial charge in [-0.15, -0.1) is 22.7 Å². The van der Waals surface area contributed by atoms with Crippen LogP contribution in [0.15, 0.2) is 156 Å². The summed E-state index contributed by atoms with van der Waals surface area (Å²) in [7, 11) is 2.92. The lowest BCUT2D eigenvalue weighted by Crippen LogP contribution is -2.22. The number of hydrogen-bond donors (Lipinski definition) is 3. The summed E-state index contributed by atoms with van der Waals surface area (Å²) in [5, 5.41) is 29.0. The number of nitrogens with one attached hydrogen (secondary N) is 1. The zero-order chi connectivity index (χ0) is 51.1. The molecule has 0 aliphatic heterocycles. The van der Waals surface area contributed by atoms with E-state index < -0.39 is 17.9 Å². The van der Waals surface area contributed by atoms with Crippen molar-refractivity contribution < 1.29 is 38.9 Å². The monoisotopic (exact) mass is 1070 g/mol. The van der Waals surface area contributed by atoms with Crippen molar-refractivity contribution in [2.45, 2.75) is 6.54 Å². The zero-order valence-corrected chi connectivity index (χ0v) is 42.4. The average molecular weight is 1070 g/mol. The van der Waals surface area contributed by atoms with E-state index in [1.54, 1.807) is 92.0 Å². The summed E-state index contributed by atoms with van der Waals surface area (Å²) >= 11 is 27.1. The summed E-state index contributed by atoms with van der Waals surface area (Å²) < 4.78 is 10.1. The van der Waals surface area contributed by atoms with Crippen LogP contribution < -0.4 is 10.1 Å². The maximum Gasteiger partial charge on any atom is 0.338 e. The van der Waals surface area contributed by atoms with Gasteiger partial charge >= 0.3 is 17.9 Å². The van der Waals surface area contributed by atoms with E-state index in [2.05, 4.69) is 15.3 Å². The number of thiazole rings is 2. The first-order chi connectivity index (χ1) is 34.7. The number of carbonyl (C=O) groups is 4. The third-order valence-corrected chi connectivity index (χ3v) is 14.4. The second kappa shape index (κ2) is 22.8. The molecule has 0 aliphatic carbocycles. The standard InChI is InChI=1S/C31H22Cl2N2O4S.C24H15Cl2NO4S/c1-39-23-10-2-18(3-11-23)16-34-29(36)20-6-4-19(5-7-20)24-12-8-22(14-25(24)31(37)38)30-35-28(17-40-30)21-9-13-26(32)27(33)15-21;1-31-24(30)18-10-16(6-8-17(18)13-2-4-14(5-3-13)23(28)29)22-27-21(12-32-22)15-7-9-19(25)20(26)11-15/h2-15,17H,16H2,1H3,(H,34,36)(H,37,38);2-12H,1H3,(H,28,29). The molecule has 17 heteroatoms. The predicted molar refractivity (Wildman–Crippen MR) is 286 cm³/mol. The highest BCUT2D eigenvalue weighted by atomic mass is 35.5. The van der Waals surface area contributed by atoms with Crippen molar-refractivity contribution >= 4 is 92.9 Å². The largest absolute Gasteiger partial charge is 0.497 e. The van der Waals surface area contributed by atoms with Gasteiger partial charge in [0, 0.05) is 45.1 Å². The summed E-state index contributed by atoms with van der Waals surface area (Å²) in [5.41, 5.74) is 9.24. The van der Waals surface area contributed by atoms with Crippen LogP contribution in [0.1, 0.15) is 47.0 Å². The van der Waals surface area contributed by atoms with E-state index >= 15 is 0 Å². The molecule has 0 spiro atoms. The Labute approximate surface area is 440 Å². The van der Waals surface area contributed by atoms with Crippen molar-refractivity contribution in [2.75, 3.05) is 14.2 Å². The highest BCUT2D eigenvalue weighted by Crippen LogP contribution is 2.37. The summed E-state index contributed by atoms with van der Waals surface area (Å²) in [4.78, 5) is 57.8. The fourth-order valence-electron chi connectivity index (χ4n) is 7.32. The first-order valence-corrected chi connectivity index (χ1v) is 24.7. The Morgan fingerprint density at radius 2 is 0.972 bits per heavy atom. The summed E-state index contributed by atoms with van der Waals surface area (Å²) in [5.74, 6) is -2.04. The normalized spacial score (nSPS) is 10.8. The van der Waals surface area contributed by atoms with E-state index in [0.717, 1.165) is 44.4 Å². The number of aromatic nitrogens is 2. The quantitative estimate of drug-likeness (QED) is 0.0947. The molecule has 11 nitrogen and oxygen atoms in total. The van der Waals surface area contributed by atoms with E-state index in [-0.39, 0.29) is 17.0 Å². The van der Waals surface area contributed by atoms with Crippen molar-refractivity contribution in [1.82, 2.24) is 15.3 Å². The Bertz CT molecular complexity index is 3490. The highest BCUT2D eigenvalue weighted by molar-refractivity contribution is 7.13. The number of carbonyl (C=O) groups excluding carboxylic acids is 2. The summed E-state index contributed by atoms with van der Waals surface area (Å²) in [6.45, 7) is 0.374. The molecular formula is C55H37Cl4N3O8S2. The third-order valence-electron chi connectivity index (χ3n) is 11.1. The number of halogens is 4. The molecule has 0 bridgehead atoms. The van der Waals surface area contributed by atoms with Crippen LogP contribution in [0.4, 0.5) is 0 Å². The average Bonchev–Trinajstić information content (AvgIpc) is 4.11. The Morgan fingerprint density at radius 1 is 0.514 bits per heavy atom. The van der Waals surface area contributed by atoms with Gasteiger partial charge in [0.05, 0.1) is 62.4 Å². The molecule has 0 saturated heterocycles. The van der Waals surface area contributed by atoms with Gasteiger partial charge in [-0.3, -0.25) is 4.79 Å². The van der Waals surface area contributed by atoms with Crippen molar-refractivity contribution in [3.63, 3.8) is 0 Å². The van der Waals surface area contributed by atoms with Gasteiger partial charge in [0.2, 0.25) is 0 Å². The van der Waals surface area contributed by atoms with Gasteiger partial charge in [-0.25, -0.2) is 24.4 Å². The minimum Gasteiger partial charge on any atom is -0.497 e. The Kier molecular flexibility index (Phi) is 16.2. The van der Waals surface area contributed by atoms with Crippen LogP contribution >= 0.6 is 69.1 Å². The van der Waals surface area contributed by atoms with Crippen molar-refractivity contribution in [2.24, 2.45) is 0 Å². The number of carboxylic acids is 2. The van der Waals surface area contributed by atoms with Gasteiger partial charge in [0.1, 0.15) is 15.8 Å². The number of esters is 1. The van der Waals surface area contributed by atoms with Crippen LogP contribution in [-0.4, -0.2) is 58.2 Å². The lowest BCUT2D eigenvalue weighted by molar-refractivity contribution is 0.0599. The van der Waals surface area contributed by atoms with E-state index in [1.165, 1.54) is 41.9 Å². The second-order valence-corrected chi connectivity index (χ2v) is 19.0. The van der Waals surface area contributed by atoms with Crippen molar-refractivity contribution in [3.05, 3.63) is 204 Å². The molecule has 9 rings (SSSR count). The lowest BCUT2D eigenvalue weighted by atomic mass is 9.96. The molecule has 1 amide bonds. The second-order valence-electron chi connectivity index (χ2n) is 15.6. The van der Waals surface area contributed by atoms with Crippen LogP contribution in [0.2, 0.25) is 20.1 Å². The fourth-order valence-corrected chi connectivity index (χ4v) is 9.57. The highest BCUT2D eigenvalue weighted by Gasteiger charge is 2.19. The smallest absolute Gasteiger partial charge is 0.338 e. The van der Waals surface area contributed by atoms with Gasteiger partial charge in [-0.05, 0) is 101 Å². The Hall–Kier alpha value is -7.36. The van der Waals surface area contributed by atoms with Crippen LogP contribution in [0, 0.1) is 0 Å². The molecule has 3 N–H and O–H groups in total. The van der Waals surface area contributed by atoms with Gasteiger partial charge in [-0.1, -0.05) is 119 Å². The van der Waals surface area contributed by atoms with E-state index in [4.69, 9.17) is 61.0 Å². The maximum atomic E-state index is 12.7. The van der Waals surface area contributed by atoms with Crippen molar-refractivity contribution in [1.29, 1.82) is 0 Å². The lowest BCUT2D eigenvalue weighted by Gasteiger charge is -2.10. The molecular weight excluding hydrogens is 1040 g/mol. The van der Waals surface area contributed by atoms with Crippen LogP contribution in [-0.2, 0) is 11.3 Å². The number of nitrogens with zero attached hydrogens (tertiary/aromatic N) is 2. The third kappa shape index (κ3) is 11.9. The molecule has 2 aromatic heterocycles. The molecule has 2 heterocycles. The summed E-state index contributed by atoms with van der Waals surface area (Å²) in [6, 6.07) is 41.9. The maximum absolute atomic E-state index is 12.7. The van der Waals surface area contributed by atoms with Crippen LogP contribution in [0.5, 0.6) is 5.75 Å².